The summed E-state index contributed by atoms with van der Waals surface area (Å²) in [7, 11) is 0. The van der Waals surface area contributed by atoms with Crippen molar-refractivity contribution in [2.24, 2.45) is 0 Å². The monoisotopic (exact) mass is 412 g/mol. The lowest BCUT2D eigenvalue weighted by atomic mass is 9.90. The summed E-state index contributed by atoms with van der Waals surface area (Å²) in [6.07, 6.45) is -2.68. The van der Waals surface area contributed by atoms with E-state index in [0.717, 1.165) is 25.0 Å². The van der Waals surface area contributed by atoms with Crippen LogP contribution in [0.3, 0.4) is 0 Å². The summed E-state index contributed by atoms with van der Waals surface area (Å²) in [5.41, 5.74) is -0.602. The lowest BCUT2D eigenvalue weighted by molar-refractivity contribution is -0.174. The number of likely N-dealkylation sites (tertiary alicyclic amines) is 1. The Hall–Kier alpha value is -2.13. The van der Waals surface area contributed by atoms with Crippen LogP contribution in [0.4, 0.5) is 18.9 Å². The van der Waals surface area contributed by atoms with Crippen LogP contribution in [0.25, 0.3) is 0 Å². The molecular weight excluding hydrogens is 389 g/mol. The zero-order valence-electron chi connectivity index (χ0n) is 16.1. The summed E-state index contributed by atoms with van der Waals surface area (Å²) < 4.78 is 49.7. The van der Waals surface area contributed by atoms with E-state index in [1.54, 1.807) is 4.90 Å². The number of halogens is 3. The number of carbonyl (C=O) groups excluding carboxylic acids is 2. The Morgan fingerprint density at radius 3 is 2.59 bits per heavy atom. The van der Waals surface area contributed by atoms with E-state index in [-0.39, 0.29) is 17.9 Å². The van der Waals surface area contributed by atoms with Gasteiger partial charge in [0.25, 0.3) is 11.8 Å². The molecule has 158 valence electrons. The van der Waals surface area contributed by atoms with Crippen molar-refractivity contribution in [3.05, 3.63) is 29.3 Å². The quantitative estimate of drug-likeness (QED) is 0.829. The second-order valence-corrected chi connectivity index (χ2v) is 8.04. The summed E-state index contributed by atoms with van der Waals surface area (Å²) in [4.78, 5) is 26.6. The van der Waals surface area contributed by atoms with Crippen molar-refractivity contribution in [3.63, 3.8) is 0 Å². The SMILES string of the molecule is Cc1cc(C(F)(F)F)ccc1NC(=O)C1CCC2(CN(C(=O)C3CCCO3)C2)O1. The van der Waals surface area contributed by atoms with E-state index in [4.69, 9.17) is 9.47 Å². The molecule has 0 aliphatic carbocycles. The van der Waals surface area contributed by atoms with Crippen LogP contribution in [-0.4, -0.2) is 54.2 Å². The van der Waals surface area contributed by atoms with Gasteiger partial charge >= 0.3 is 6.18 Å². The highest BCUT2D eigenvalue weighted by atomic mass is 19.4. The fourth-order valence-corrected chi connectivity index (χ4v) is 4.21. The topological polar surface area (TPSA) is 67.9 Å². The van der Waals surface area contributed by atoms with Crippen LogP contribution < -0.4 is 5.32 Å². The number of amides is 2. The number of rotatable bonds is 3. The van der Waals surface area contributed by atoms with Gasteiger partial charge in [0.05, 0.1) is 18.7 Å². The Labute approximate surface area is 166 Å². The average molecular weight is 412 g/mol. The summed E-state index contributed by atoms with van der Waals surface area (Å²) >= 11 is 0. The van der Waals surface area contributed by atoms with Gasteiger partial charge in [-0.05, 0) is 56.4 Å². The van der Waals surface area contributed by atoms with Gasteiger partial charge in [-0.15, -0.1) is 0 Å². The first-order valence-corrected chi connectivity index (χ1v) is 9.74. The van der Waals surface area contributed by atoms with Crippen LogP contribution in [0, 0.1) is 6.92 Å². The molecule has 9 heteroatoms. The van der Waals surface area contributed by atoms with E-state index < -0.39 is 23.4 Å². The van der Waals surface area contributed by atoms with Gasteiger partial charge in [-0.2, -0.15) is 13.2 Å². The number of hydrogen-bond donors (Lipinski definition) is 1. The highest BCUT2D eigenvalue weighted by Crippen LogP contribution is 2.39. The molecule has 3 aliphatic heterocycles. The van der Waals surface area contributed by atoms with Gasteiger partial charge in [0.1, 0.15) is 17.8 Å². The van der Waals surface area contributed by atoms with Crippen LogP contribution in [-0.2, 0) is 25.2 Å². The number of benzene rings is 1. The normalized spacial score (nSPS) is 25.9. The average Bonchev–Trinajstić information content (AvgIpc) is 3.30. The maximum atomic E-state index is 12.8. The maximum Gasteiger partial charge on any atom is 0.416 e. The first-order valence-electron chi connectivity index (χ1n) is 9.74. The Kier molecular flexibility index (Phi) is 5.06. The molecule has 0 radical (unpaired) electrons. The molecule has 0 bridgehead atoms. The maximum absolute atomic E-state index is 12.8. The molecule has 1 spiro atoms. The number of carbonyl (C=O) groups is 2. The zero-order valence-corrected chi connectivity index (χ0v) is 16.1. The standard InChI is InChI=1S/C20H23F3N2O4/c1-12-9-13(20(21,22)23)4-5-14(12)24-17(26)15-6-7-19(29-15)10-25(11-19)18(27)16-3-2-8-28-16/h4-5,9,15-16H,2-3,6-8,10-11H2,1H3,(H,24,26). The van der Waals surface area contributed by atoms with Gasteiger partial charge in [-0.1, -0.05) is 0 Å². The molecule has 1 aromatic carbocycles. The van der Waals surface area contributed by atoms with Crippen molar-refractivity contribution in [3.8, 4) is 0 Å². The van der Waals surface area contributed by atoms with Gasteiger partial charge in [0.2, 0.25) is 0 Å². The number of anilines is 1. The zero-order chi connectivity index (χ0) is 20.8. The number of hydrogen-bond acceptors (Lipinski definition) is 4. The Bertz CT molecular complexity index is 814. The predicted molar refractivity (Wildman–Crippen MR) is 97.2 cm³/mol. The fourth-order valence-electron chi connectivity index (χ4n) is 4.21. The fraction of sp³-hybridized carbons (Fsp3) is 0.600. The minimum Gasteiger partial charge on any atom is -0.368 e. The number of nitrogens with one attached hydrogen (secondary N) is 1. The van der Waals surface area contributed by atoms with E-state index in [9.17, 15) is 22.8 Å². The van der Waals surface area contributed by atoms with Crippen LogP contribution >= 0.6 is 0 Å². The van der Waals surface area contributed by atoms with E-state index >= 15 is 0 Å². The lowest BCUT2D eigenvalue weighted by Crippen LogP contribution is -2.65. The number of ether oxygens (including phenoxy) is 2. The molecular formula is C20H23F3N2O4. The summed E-state index contributed by atoms with van der Waals surface area (Å²) in [5.74, 6) is -0.404. The number of alkyl halides is 3. The van der Waals surface area contributed by atoms with Crippen molar-refractivity contribution in [2.75, 3.05) is 25.0 Å². The van der Waals surface area contributed by atoms with Crippen molar-refractivity contribution < 1.29 is 32.2 Å². The molecule has 2 amide bonds. The van der Waals surface area contributed by atoms with Crippen molar-refractivity contribution in [2.45, 2.75) is 56.6 Å². The van der Waals surface area contributed by atoms with Crippen LogP contribution in [0.5, 0.6) is 0 Å². The van der Waals surface area contributed by atoms with Gasteiger partial charge in [0.15, 0.2) is 0 Å². The summed E-state index contributed by atoms with van der Waals surface area (Å²) in [6.45, 7) is 3.00. The first-order chi connectivity index (χ1) is 13.7. The summed E-state index contributed by atoms with van der Waals surface area (Å²) in [6, 6.07) is 3.21. The van der Waals surface area contributed by atoms with Gasteiger partial charge in [-0.25, -0.2) is 0 Å². The highest BCUT2D eigenvalue weighted by molar-refractivity contribution is 5.95. The largest absolute Gasteiger partial charge is 0.416 e. The van der Waals surface area contributed by atoms with E-state index in [1.807, 2.05) is 0 Å². The lowest BCUT2D eigenvalue weighted by Gasteiger charge is -2.48. The van der Waals surface area contributed by atoms with Crippen molar-refractivity contribution in [1.82, 2.24) is 4.90 Å². The van der Waals surface area contributed by atoms with E-state index in [2.05, 4.69) is 5.32 Å². The highest BCUT2D eigenvalue weighted by Gasteiger charge is 2.53. The van der Waals surface area contributed by atoms with Crippen molar-refractivity contribution in [1.29, 1.82) is 0 Å². The molecule has 0 saturated carbocycles. The number of aryl methyl sites for hydroxylation is 1. The molecule has 2 atom stereocenters. The molecule has 2 unspecified atom stereocenters. The third kappa shape index (κ3) is 3.98. The third-order valence-electron chi connectivity index (χ3n) is 5.83. The molecule has 4 rings (SSSR count). The first kappa shape index (κ1) is 20.2. The Balaban J connectivity index is 1.32. The third-order valence-corrected chi connectivity index (χ3v) is 5.83. The molecule has 3 saturated heterocycles. The van der Waals surface area contributed by atoms with E-state index in [1.165, 1.54) is 13.0 Å². The van der Waals surface area contributed by atoms with Crippen LogP contribution in [0.2, 0.25) is 0 Å². The predicted octanol–water partition coefficient (Wildman–Crippen LogP) is 2.89. The second-order valence-electron chi connectivity index (χ2n) is 8.04. The molecule has 3 heterocycles. The van der Waals surface area contributed by atoms with Gasteiger partial charge in [0, 0.05) is 12.3 Å². The Morgan fingerprint density at radius 1 is 1.21 bits per heavy atom. The second kappa shape index (κ2) is 7.28. The van der Waals surface area contributed by atoms with Crippen LogP contribution in [0.15, 0.2) is 18.2 Å². The molecule has 6 nitrogen and oxygen atoms in total. The Morgan fingerprint density at radius 2 is 1.97 bits per heavy atom. The molecule has 1 aromatic rings. The minimum absolute atomic E-state index is 0.0231. The van der Waals surface area contributed by atoms with Crippen molar-refractivity contribution >= 4 is 17.5 Å². The molecule has 0 aromatic heterocycles. The molecule has 3 aliphatic rings. The van der Waals surface area contributed by atoms with E-state index in [0.29, 0.717) is 43.8 Å². The molecule has 3 fully saturated rings. The van der Waals surface area contributed by atoms with Gasteiger partial charge < -0.3 is 19.7 Å². The summed E-state index contributed by atoms with van der Waals surface area (Å²) in [5, 5.41) is 2.66. The molecule has 29 heavy (non-hydrogen) atoms. The number of nitrogens with zero attached hydrogens (tertiary/aromatic N) is 1. The smallest absolute Gasteiger partial charge is 0.368 e. The van der Waals surface area contributed by atoms with Gasteiger partial charge in [-0.3, -0.25) is 9.59 Å². The molecule has 1 N–H and O–H groups in total. The van der Waals surface area contributed by atoms with Crippen LogP contribution in [0.1, 0.15) is 36.8 Å². The minimum atomic E-state index is -4.43.